The van der Waals surface area contributed by atoms with Crippen LogP contribution >= 0.6 is 21.6 Å². The molecule has 1 aliphatic carbocycles. The van der Waals surface area contributed by atoms with Gasteiger partial charge < -0.3 is 35.2 Å². The number of nitrogens with one attached hydrogen (secondary N) is 2. The Morgan fingerprint density at radius 2 is 1.75 bits per heavy atom. The summed E-state index contributed by atoms with van der Waals surface area (Å²) in [6.45, 7) is 1.44. The smallest absolute Gasteiger partial charge is 0.168 e. The number of phenolic OH excluding ortho intramolecular Hbond substituents is 2. The predicted molar refractivity (Wildman–Crippen MR) is 225 cm³/mol. The summed E-state index contributed by atoms with van der Waals surface area (Å²) in [7, 11) is 4.71. The minimum atomic E-state index is -0.632. The number of benzene rings is 4. The largest absolute Gasteiger partial charge is 0.508 e. The Morgan fingerprint density at radius 3 is 2.52 bits per heavy atom. The standard InChI is InChI=1S/C44H54N2O8S2/c1-27(48)23-45-40-18-11-30(20-31(40)24-47)44(46-32-6-4-3-5-7-32)54-36-16-15-35(51)25-55-56-26-39-37(17-10-28-8-13-34(50)22-38(28)39)42-29(9-14-33(49)21-36)12-19-41(52)43(42)53-2/h8,10-13,17-20,22,32,35-36,44-47,50-52H,3-7,9,14-16,21,23-26H2,1-2H3/t35-,36-,44-/m0/s1. The SMILES string of the molecule is COc1c(O)ccc2c1-c1ccc3ccc(O)cc3c1CSSC[C@@H](O)CC[C@H](O[C@H](NC1CCCCC1)c1ccc(NCC(C)=O)c(CO)c1)CC(=O)CC2. The summed E-state index contributed by atoms with van der Waals surface area (Å²) in [5.74, 6) is 1.50. The summed E-state index contributed by atoms with van der Waals surface area (Å²) >= 11 is 0. The number of rotatable bonds is 10. The first kappa shape index (κ1) is 41.8. The van der Waals surface area contributed by atoms with E-state index in [-0.39, 0.29) is 55.1 Å². The van der Waals surface area contributed by atoms with Crippen molar-refractivity contribution >= 4 is 49.6 Å². The molecule has 0 radical (unpaired) electrons. The highest BCUT2D eigenvalue weighted by Crippen LogP contribution is 2.46. The highest BCUT2D eigenvalue weighted by molar-refractivity contribution is 8.76. The van der Waals surface area contributed by atoms with Crippen LogP contribution in [0.2, 0.25) is 0 Å². The van der Waals surface area contributed by atoms with Crippen molar-refractivity contribution in [2.45, 2.75) is 108 Å². The normalized spacial score (nSPS) is 19.5. The number of aliphatic hydroxyl groups is 2. The van der Waals surface area contributed by atoms with Crippen LogP contribution in [0.25, 0.3) is 21.9 Å². The lowest BCUT2D eigenvalue weighted by molar-refractivity contribution is -0.124. The molecule has 300 valence electrons. The van der Waals surface area contributed by atoms with Gasteiger partial charge >= 0.3 is 0 Å². The van der Waals surface area contributed by atoms with Crippen molar-refractivity contribution in [2.24, 2.45) is 0 Å². The lowest BCUT2D eigenvalue weighted by Crippen LogP contribution is -2.38. The maximum Gasteiger partial charge on any atom is 0.168 e. The monoisotopic (exact) mass is 802 g/mol. The molecule has 0 unspecified atom stereocenters. The van der Waals surface area contributed by atoms with E-state index in [0.717, 1.165) is 58.7 Å². The van der Waals surface area contributed by atoms with Crippen LogP contribution in [0.5, 0.6) is 17.2 Å². The molecule has 6 N–H and O–H groups in total. The van der Waals surface area contributed by atoms with E-state index < -0.39 is 18.4 Å². The number of ketones is 2. The average molecular weight is 803 g/mol. The maximum absolute atomic E-state index is 14.0. The van der Waals surface area contributed by atoms with E-state index in [9.17, 15) is 30.0 Å². The number of methoxy groups -OCH3 is 1. The molecule has 12 heteroatoms. The number of hydrogen-bond acceptors (Lipinski definition) is 12. The van der Waals surface area contributed by atoms with Gasteiger partial charge in [0.2, 0.25) is 0 Å². The van der Waals surface area contributed by atoms with Crippen molar-refractivity contribution in [3.05, 3.63) is 82.9 Å². The molecule has 0 bridgehead atoms. The number of carbonyl (C=O) groups is 2. The number of fused-ring (bicyclic) bond motifs is 5. The average Bonchev–Trinajstić information content (AvgIpc) is 3.19. The van der Waals surface area contributed by atoms with Gasteiger partial charge in [-0.25, -0.2) is 0 Å². The molecule has 6 rings (SSSR count). The van der Waals surface area contributed by atoms with Gasteiger partial charge in [-0.2, -0.15) is 0 Å². The quantitative estimate of drug-likeness (QED) is 0.0674. The summed E-state index contributed by atoms with van der Waals surface area (Å²) < 4.78 is 12.7. The third-order valence-electron chi connectivity index (χ3n) is 10.8. The molecule has 0 spiro atoms. The van der Waals surface area contributed by atoms with Gasteiger partial charge in [0.25, 0.3) is 0 Å². The summed E-state index contributed by atoms with van der Waals surface area (Å²) in [6, 6.07) is 18.7. The fraction of sp³-hybridized carbons (Fsp3) is 0.455. The molecule has 1 aliphatic heterocycles. The van der Waals surface area contributed by atoms with E-state index in [1.807, 2.05) is 42.5 Å². The van der Waals surface area contributed by atoms with Crippen LogP contribution in [0, 0.1) is 0 Å². The Hall–Kier alpha value is -3.78. The van der Waals surface area contributed by atoms with Gasteiger partial charge in [-0.3, -0.25) is 14.9 Å². The van der Waals surface area contributed by atoms with Crippen LogP contribution in [0.3, 0.4) is 0 Å². The van der Waals surface area contributed by atoms with Crippen molar-refractivity contribution in [3.8, 4) is 28.4 Å². The van der Waals surface area contributed by atoms with Crippen LogP contribution in [-0.4, -0.2) is 69.6 Å². The molecule has 1 heterocycles. The molecule has 1 saturated carbocycles. The first-order valence-electron chi connectivity index (χ1n) is 19.6. The van der Waals surface area contributed by atoms with Gasteiger partial charge in [0.15, 0.2) is 11.5 Å². The Morgan fingerprint density at radius 1 is 0.946 bits per heavy atom. The molecule has 1 fully saturated rings. The molecule has 0 aromatic heterocycles. The highest BCUT2D eigenvalue weighted by Gasteiger charge is 2.27. The van der Waals surface area contributed by atoms with Gasteiger partial charge in [-0.15, -0.1) is 0 Å². The minimum Gasteiger partial charge on any atom is -0.508 e. The minimum absolute atomic E-state index is 0.00363. The zero-order valence-corrected chi connectivity index (χ0v) is 33.9. The number of hydrogen-bond donors (Lipinski definition) is 6. The third kappa shape index (κ3) is 10.8. The predicted octanol–water partition coefficient (Wildman–Crippen LogP) is 8.35. The van der Waals surface area contributed by atoms with E-state index in [4.69, 9.17) is 9.47 Å². The van der Waals surface area contributed by atoms with Gasteiger partial charge in [0.05, 0.1) is 32.5 Å². The molecule has 56 heavy (non-hydrogen) atoms. The molecule has 3 atom stereocenters. The fourth-order valence-electron chi connectivity index (χ4n) is 7.81. The van der Waals surface area contributed by atoms with E-state index in [0.29, 0.717) is 53.3 Å². The molecule has 0 amide bonds. The number of ether oxygens (including phenoxy) is 2. The zero-order chi connectivity index (χ0) is 39.6. The summed E-state index contributed by atoms with van der Waals surface area (Å²) in [4.78, 5) is 25.7. The van der Waals surface area contributed by atoms with Crippen molar-refractivity contribution in [3.63, 3.8) is 0 Å². The van der Waals surface area contributed by atoms with Crippen LogP contribution in [-0.2, 0) is 33.1 Å². The molecular weight excluding hydrogens is 749 g/mol. The second-order valence-corrected chi connectivity index (χ2v) is 17.4. The molecule has 0 saturated heterocycles. The first-order valence-corrected chi connectivity index (χ1v) is 22.1. The van der Waals surface area contributed by atoms with E-state index in [2.05, 4.69) is 10.6 Å². The number of anilines is 1. The second kappa shape index (κ2) is 20.1. The van der Waals surface area contributed by atoms with Gasteiger partial charge in [-0.05, 0) is 102 Å². The van der Waals surface area contributed by atoms with Gasteiger partial charge in [0.1, 0.15) is 23.5 Å². The van der Waals surface area contributed by atoms with Crippen molar-refractivity contribution < 1.29 is 39.5 Å². The van der Waals surface area contributed by atoms with E-state index in [1.54, 1.807) is 39.8 Å². The van der Waals surface area contributed by atoms with Crippen molar-refractivity contribution in [1.29, 1.82) is 0 Å². The van der Waals surface area contributed by atoms with Crippen LogP contribution in [0.15, 0.2) is 60.7 Å². The highest BCUT2D eigenvalue weighted by atomic mass is 33.1. The number of aromatic hydroxyl groups is 2. The molecule has 4 aromatic carbocycles. The second-order valence-electron chi connectivity index (χ2n) is 14.9. The molecule has 10 nitrogen and oxygen atoms in total. The lowest BCUT2D eigenvalue weighted by atomic mass is 9.89. The Bertz CT molecular complexity index is 1980. The lowest BCUT2D eigenvalue weighted by Gasteiger charge is -2.32. The van der Waals surface area contributed by atoms with E-state index in [1.165, 1.54) is 20.5 Å². The van der Waals surface area contributed by atoms with Gasteiger partial charge in [0, 0.05) is 47.2 Å². The summed E-state index contributed by atoms with van der Waals surface area (Å²) in [5.41, 5.74) is 5.53. The number of Topliss-reactive ketones (excluding diaryl/α,β-unsaturated/α-hetero) is 2. The van der Waals surface area contributed by atoms with Gasteiger partial charge in [-0.1, -0.05) is 71.2 Å². The number of aliphatic hydroxyl groups excluding tert-OH is 2. The van der Waals surface area contributed by atoms with Crippen LogP contribution in [0.1, 0.15) is 93.2 Å². The Balaban J connectivity index is 1.31. The number of carbonyl (C=O) groups excluding carboxylic acids is 2. The van der Waals surface area contributed by atoms with Crippen LogP contribution in [0.4, 0.5) is 5.69 Å². The third-order valence-corrected chi connectivity index (χ3v) is 13.1. The summed E-state index contributed by atoms with van der Waals surface area (Å²) in [6.07, 6.45) is 5.47. The fourth-order valence-corrected chi connectivity index (χ4v) is 10.1. The molecule has 4 aromatic rings. The summed E-state index contributed by atoms with van der Waals surface area (Å²) in [5, 5.41) is 51.6. The Labute approximate surface area is 337 Å². The topological polar surface area (TPSA) is 158 Å². The number of aryl methyl sites for hydroxylation is 1. The molecule has 2 aliphatic rings. The maximum atomic E-state index is 14.0. The van der Waals surface area contributed by atoms with Crippen molar-refractivity contribution in [1.82, 2.24) is 5.32 Å². The first-order chi connectivity index (χ1) is 27.1. The Kier molecular flexibility index (Phi) is 15.0. The molecular formula is C44H54N2O8S2. The van der Waals surface area contributed by atoms with Crippen LogP contribution < -0.4 is 15.4 Å². The zero-order valence-electron chi connectivity index (χ0n) is 32.2. The van der Waals surface area contributed by atoms with Crippen molar-refractivity contribution in [2.75, 3.05) is 24.7 Å². The number of phenols is 2. The van der Waals surface area contributed by atoms with E-state index >= 15 is 0 Å².